The zero-order valence-corrected chi connectivity index (χ0v) is 20.5. The van der Waals surface area contributed by atoms with Crippen LogP contribution in [-0.4, -0.2) is 29.5 Å². The van der Waals surface area contributed by atoms with Gasteiger partial charge in [-0.15, -0.1) is 0 Å². The Morgan fingerprint density at radius 1 is 1.00 bits per heavy atom. The average molecular weight is 492 g/mol. The number of hydrogen-bond acceptors (Lipinski definition) is 5. The van der Waals surface area contributed by atoms with Crippen LogP contribution in [0.3, 0.4) is 0 Å². The van der Waals surface area contributed by atoms with E-state index in [1.165, 1.54) is 4.90 Å². The molecule has 0 bridgehead atoms. The maximum Gasteiger partial charge on any atom is 0.300 e. The molecule has 3 aromatic rings. The Kier molecular flexibility index (Phi) is 7.12. The smallest absolute Gasteiger partial charge is 0.300 e. The zero-order chi connectivity index (χ0) is 25.1. The number of carbonyl (C=O) groups excluding carboxylic acids is 2. The Morgan fingerprint density at radius 3 is 2.26 bits per heavy atom. The molecule has 0 aromatic heterocycles. The van der Waals surface area contributed by atoms with Gasteiger partial charge in [0.25, 0.3) is 11.7 Å². The fraction of sp³-hybridized carbons (Fsp3) is 0.214. The third-order valence-corrected chi connectivity index (χ3v) is 5.77. The molecule has 1 aliphatic heterocycles. The SMILES string of the molecule is CCOc1ccc(N2C(=O)C(=O)/C(=C(\O)c3cccc(Cl)c3)C2c2ccc(OC(C)C)cc2)cc1. The summed E-state index contributed by atoms with van der Waals surface area (Å²) >= 11 is 6.12. The monoisotopic (exact) mass is 491 g/mol. The Morgan fingerprint density at radius 2 is 1.66 bits per heavy atom. The van der Waals surface area contributed by atoms with Crippen molar-refractivity contribution in [1.82, 2.24) is 0 Å². The molecule has 1 amide bonds. The number of halogens is 1. The van der Waals surface area contributed by atoms with E-state index in [0.29, 0.717) is 39.9 Å². The van der Waals surface area contributed by atoms with Gasteiger partial charge in [0.1, 0.15) is 17.3 Å². The molecule has 1 aliphatic rings. The van der Waals surface area contributed by atoms with E-state index < -0.39 is 17.7 Å². The molecule has 0 aliphatic carbocycles. The molecule has 1 N–H and O–H groups in total. The second-order valence-corrected chi connectivity index (χ2v) is 8.78. The number of nitrogens with zero attached hydrogens (tertiary/aromatic N) is 1. The number of Topliss-reactive ketones (excluding diaryl/α,β-unsaturated/α-hetero) is 1. The van der Waals surface area contributed by atoms with Crippen LogP contribution in [0.1, 0.15) is 37.9 Å². The molecular formula is C28H26ClNO5. The summed E-state index contributed by atoms with van der Waals surface area (Å²) in [5.41, 5.74) is 1.50. The summed E-state index contributed by atoms with van der Waals surface area (Å²) in [6.07, 6.45) is -0.00170. The van der Waals surface area contributed by atoms with Gasteiger partial charge in [-0.05, 0) is 74.9 Å². The first-order valence-corrected chi connectivity index (χ1v) is 11.7. The van der Waals surface area contributed by atoms with Gasteiger partial charge in [-0.1, -0.05) is 35.9 Å². The number of amides is 1. The lowest BCUT2D eigenvalue weighted by molar-refractivity contribution is -0.132. The molecule has 1 saturated heterocycles. The Bertz CT molecular complexity index is 1270. The molecule has 7 heteroatoms. The standard InChI is InChI=1S/C28H26ClNO5/c1-4-34-22-14-10-21(11-15-22)30-25(18-8-12-23(13-9-18)35-17(2)3)24(27(32)28(30)33)26(31)19-6-5-7-20(29)16-19/h5-17,25,31H,4H2,1-3H3/b26-24-. The molecule has 1 unspecified atom stereocenters. The van der Waals surface area contributed by atoms with Gasteiger partial charge in [-0.3, -0.25) is 14.5 Å². The van der Waals surface area contributed by atoms with Gasteiger partial charge in [0, 0.05) is 16.3 Å². The quantitative estimate of drug-likeness (QED) is 0.243. The van der Waals surface area contributed by atoms with Crippen LogP contribution in [-0.2, 0) is 9.59 Å². The van der Waals surface area contributed by atoms with Crippen LogP contribution in [0.5, 0.6) is 11.5 Å². The summed E-state index contributed by atoms with van der Waals surface area (Å²) in [6.45, 7) is 6.25. The van der Waals surface area contributed by atoms with Crippen LogP contribution in [0.4, 0.5) is 5.69 Å². The van der Waals surface area contributed by atoms with E-state index in [9.17, 15) is 14.7 Å². The molecular weight excluding hydrogens is 466 g/mol. The topological polar surface area (TPSA) is 76.1 Å². The molecule has 6 nitrogen and oxygen atoms in total. The van der Waals surface area contributed by atoms with Gasteiger partial charge in [0.2, 0.25) is 0 Å². The Labute approximate surface area is 209 Å². The van der Waals surface area contributed by atoms with Crippen LogP contribution >= 0.6 is 11.6 Å². The highest BCUT2D eigenvalue weighted by molar-refractivity contribution is 6.51. The predicted molar refractivity (Wildman–Crippen MR) is 136 cm³/mol. The first-order valence-electron chi connectivity index (χ1n) is 11.4. The fourth-order valence-electron chi connectivity index (χ4n) is 4.08. The minimum absolute atomic E-state index is 0.00170. The van der Waals surface area contributed by atoms with E-state index in [1.807, 2.05) is 20.8 Å². The highest BCUT2D eigenvalue weighted by Crippen LogP contribution is 2.43. The van der Waals surface area contributed by atoms with E-state index in [4.69, 9.17) is 21.1 Å². The summed E-state index contributed by atoms with van der Waals surface area (Å²) in [4.78, 5) is 27.9. The summed E-state index contributed by atoms with van der Waals surface area (Å²) in [6, 6.07) is 19.8. The van der Waals surface area contributed by atoms with Crippen molar-refractivity contribution in [3.05, 3.63) is 94.5 Å². The molecule has 0 radical (unpaired) electrons. The fourth-order valence-corrected chi connectivity index (χ4v) is 4.27. The number of carbonyl (C=O) groups is 2. The Balaban J connectivity index is 1.86. The lowest BCUT2D eigenvalue weighted by Crippen LogP contribution is -2.29. The second-order valence-electron chi connectivity index (χ2n) is 8.34. The van der Waals surface area contributed by atoms with Crippen molar-refractivity contribution in [2.75, 3.05) is 11.5 Å². The van der Waals surface area contributed by atoms with Crippen LogP contribution in [0.25, 0.3) is 5.76 Å². The molecule has 0 saturated carbocycles. The highest BCUT2D eigenvalue weighted by atomic mass is 35.5. The number of aliphatic hydroxyl groups is 1. The van der Waals surface area contributed by atoms with Gasteiger partial charge in [0.05, 0.1) is 24.3 Å². The summed E-state index contributed by atoms with van der Waals surface area (Å²) in [5.74, 6) is -0.476. The third kappa shape index (κ3) is 5.03. The summed E-state index contributed by atoms with van der Waals surface area (Å²) < 4.78 is 11.3. The largest absolute Gasteiger partial charge is 0.507 e. The van der Waals surface area contributed by atoms with Crippen molar-refractivity contribution in [1.29, 1.82) is 0 Å². The minimum atomic E-state index is -0.847. The highest BCUT2D eigenvalue weighted by Gasteiger charge is 2.47. The first kappa shape index (κ1) is 24.4. The van der Waals surface area contributed by atoms with Gasteiger partial charge < -0.3 is 14.6 Å². The van der Waals surface area contributed by atoms with Crippen molar-refractivity contribution < 1.29 is 24.2 Å². The van der Waals surface area contributed by atoms with Crippen LogP contribution in [0.2, 0.25) is 5.02 Å². The zero-order valence-electron chi connectivity index (χ0n) is 19.7. The third-order valence-electron chi connectivity index (χ3n) is 5.54. The molecule has 180 valence electrons. The second kappa shape index (κ2) is 10.2. The number of anilines is 1. The van der Waals surface area contributed by atoms with Crippen LogP contribution in [0.15, 0.2) is 78.4 Å². The lowest BCUT2D eigenvalue weighted by Gasteiger charge is -2.26. The van der Waals surface area contributed by atoms with Crippen LogP contribution in [0, 0.1) is 0 Å². The van der Waals surface area contributed by atoms with Crippen molar-refractivity contribution in [2.24, 2.45) is 0 Å². The average Bonchev–Trinajstić information content (AvgIpc) is 3.10. The molecule has 4 rings (SSSR count). The van der Waals surface area contributed by atoms with E-state index in [2.05, 4.69) is 0 Å². The van der Waals surface area contributed by atoms with Gasteiger partial charge in [0.15, 0.2) is 0 Å². The molecule has 1 fully saturated rings. The predicted octanol–water partition coefficient (Wildman–Crippen LogP) is 6.15. The number of aliphatic hydroxyl groups excluding tert-OH is 1. The molecule has 1 heterocycles. The molecule has 3 aromatic carbocycles. The van der Waals surface area contributed by atoms with E-state index in [-0.39, 0.29) is 17.4 Å². The number of ether oxygens (including phenoxy) is 2. The molecule has 0 spiro atoms. The van der Waals surface area contributed by atoms with Crippen LogP contribution < -0.4 is 14.4 Å². The minimum Gasteiger partial charge on any atom is -0.507 e. The van der Waals surface area contributed by atoms with Crippen molar-refractivity contribution in [3.8, 4) is 11.5 Å². The number of rotatable bonds is 7. The summed E-state index contributed by atoms with van der Waals surface area (Å²) in [5, 5.41) is 11.6. The number of ketones is 1. The van der Waals surface area contributed by atoms with E-state index in [0.717, 1.165) is 0 Å². The van der Waals surface area contributed by atoms with Gasteiger partial charge >= 0.3 is 0 Å². The maximum atomic E-state index is 13.3. The normalized spacial score (nSPS) is 17.2. The van der Waals surface area contributed by atoms with Crippen molar-refractivity contribution >= 4 is 34.7 Å². The van der Waals surface area contributed by atoms with E-state index >= 15 is 0 Å². The first-order chi connectivity index (χ1) is 16.8. The van der Waals surface area contributed by atoms with Crippen molar-refractivity contribution in [2.45, 2.75) is 32.9 Å². The van der Waals surface area contributed by atoms with Gasteiger partial charge in [-0.2, -0.15) is 0 Å². The molecule has 1 atom stereocenters. The lowest BCUT2D eigenvalue weighted by atomic mass is 9.95. The van der Waals surface area contributed by atoms with Crippen molar-refractivity contribution in [3.63, 3.8) is 0 Å². The number of benzene rings is 3. The molecule has 35 heavy (non-hydrogen) atoms. The maximum absolute atomic E-state index is 13.3. The summed E-state index contributed by atoms with van der Waals surface area (Å²) in [7, 11) is 0. The van der Waals surface area contributed by atoms with Gasteiger partial charge in [-0.25, -0.2) is 0 Å². The Hall–Kier alpha value is -3.77. The van der Waals surface area contributed by atoms with E-state index in [1.54, 1.807) is 72.8 Å². The number of hydrogen-bond donors (Lipinski definition) is 1.